The normalized spacial score (nSPS) is 15.9. The first-order chi connectivity index (χ1) is 13.1. The van der Waals surface area contributed by atoms with Crippen molar-refractivity contribution in [3.05, 3.63) is 69.8 Å². The number of hydrogen-bond donors (Lipinski definition) is 1. The summed E-state index contributed by atoms with van der Waals surface area (Å²) in [6.45, 7) is 2.78. The Morgan fingerprint density at radius 1 is 1.15 bits per heavy atom. The highest BCUT2D eigenvalue weighted by atomic mass is 79.9. The summed E-state index contributed by atoms with van der Waals surface area (Å²) in [4.78, 5) is 14.9. The van der Waals surface area contributed by atoms with Crippen LogP contribution in [0.4, 0.5) is 0 Å². The highest BCUT2D eigenvalue weighted by Gasteiger charge is 2.41. The van der Waals surface area contributed by atoms with Gasteiger partial charge < -0.3 is 9.64 Å². The molecule has 0 radical (unpaired) electrons. The molecule has 5 nitrogen and oxygen atoms in total. The van der Waals surface area contributed by atoms with Crippen molar-refractivity contribution >= 4 is 21.8 Å². The van der Waals surface area contributed by atoms with Gasteiger partial charge in [0.05, 0.1) is 18.8 Å². The molecule has 1 N–H and O–H groups in total. The quantitative estimate of drug-likeness (QED) is 0.638. The number of rotatable bonds is 5. The molecule has 2 heterocycles. The zero-order valence-corrected chi connectivity index (χ0v) is 16.8. The number of amides is 1. The number of carbonyl (C=O) groups is 1. The number of carbonyl (C=O) groups excluding carboxylic acids is 1. The molecule has 0 saturated heterocycles. The van der Waals surface area contributed by atoms with Crippen molar-refractivity contribution < 1.29 is 9.53 Å². The lowest BCUT2D eigenvalue weighted by atomic mass is 9.96. The van der Waals surface area contributed by atoms with Crippen molar-refractivity contribution in [2.45, 2.75) is 19.4 Å². The van der Waals surface area contributed by atoms with Crippen molar-refractivity contribution in [2.24, 2.45) is 0 Å². The summed E-state index contributed by atoms with van der Waals surface area (Å²) in [5, 5.41) is 7.46. The first-order valence-electron chi connectivity index (χ1n) is 8.93. The lowest BCUT2D eigenvalue weighted by Crippen LogP contribution is -2.30. The third-order valence-electron chi connectivity index (χ3n) is 4.88. The van der Waals surface area contributed by atoms with Gasteiger partial charge >= 0.3 is 0 Å². The molecule has 0 fully saturated rings. The van der Waals surface area contributed by atoms with E-state index in [1.807, 2.05) is 41.3 Å². The minimum Gasteiger partial charge on any atom is -0.497 e. The summed E-state index contributed by atoms with van der Waals surface area (Å²) in [7, 11) is 1.64. The maximum absolute atomic E-state index is 13.0. The molecule has 0 bridgehead atoms. The van der Waals surface area contributed by atoms with Gasteiger partial charge in [0, 0.05) is 22.1 Å². The van der Waals surface area contributed by atoms with Crippen LogP contribution in [0.3, 0.4) is 0 Å². The molecule has 27 heavy (non-hydrogen) atoms. The minimum absolute atomic E-state index is 0.00651. The third kappa shape index (κ3) is 3.04. The molecular weight excluding hydrogens is 406 g/mol. The summed E-state index contributed by atoms with van der Waals surface area (Å²) in [5.41, 5.74) is 4.38. The predicted octanol–water partition coefficient (Wildman–Crippen LogP) is 4.80. The van der Waals surface area contributed by atoms with Crippen LogP contribution in [0.15, 0.2) is 53.0 Å². The van der Waals surface area contributed by atoms with Crippen LogP contribution in [0.5, 0.6) is 5.75 Å². The van der Waals surface area contributed by atoms with Gasteiger partial charge in [0.15, 0.2) is 0 Å². The number of nitrogens with one attached hydrogen (secondary N) is 1. The lowest BCUT2D eigenvalue weighted by Gasteiger charge is -2.26. The zero-order chi connectivity index (χ0) is 19.0. The Labute approximate surface area is 166 Å². The second-order valence-electron chi connectivity index (χ2n) is 6.54. The molecule has 4 rings (SSSR count). The molecule has 3 aromatic rings. The molecule has 1 aliphatic rings. The Kier molecular flexibility index (Phi) is 4.74. The molecule has 1 atom stereocenters. The number of aromatic amines is 1. The Bertz CT molecular complexity index is 964. The molecule has 6 heteroatoms. The van der Waals surface area contributed by atoms with Gasteiger partial charge in [-0.3, -0.25) is 9.89 Å². The fourth-order valence-electron chi connectivity index (χ4n) is 3.63. The van der Waals surface area contributed by atoms with Crippen LogP contribution in [0, 0.1) is 0 Å². The SMILES string of the molecule is CCCN1C(=O)c2[nH]nc(-c3ccc(OC)cc3)c2C1c1ccc(Br)cc1. The Balaban J connectivity index is 1.85. The van der Waals surface area contributed by atoms with Crippen LogP contribution < -0.4 is 4.74 Å². The van der Waals surface area contributed by atoms with Gasteiger partial charge in [0.2, 0.25) is 0 Å². The van der Waals surface area contributed by atoms with Gasteiger partial charge in [0.25, 0.3) is 5.91 Å². The van der Waals surface area contributed by atoms with E-state index in [4.69, 9.17) is 4.74 Å². The number of H-pyrrole nitrogens is 1. The average molecular weight is 426 g/mol. The smallest absolute Gasteiger partial charge is 0.273 e. The monoisotopic (exact) mass is 425 g/mol. The van der Waals surface area contributed by atoms with Crippen molar-refractivity contribution in [1.82, 2.24) is 15.1 Å². The van der Waals surface area contributed by atoms with E-state index in [1.165, 1.54) is 0 Å². The molecule has 0 aliphatic carbocycles. The Morgan fingerprint density at radius 2 is 1.85 bits per heavy atom. The summed E-state index contributed by atoms with van der Waals surface area (Å²) in [5.74, 6) is 0.797. The van der Waals surface area contributed by atoms with Crippen molar-refractivity contribution in [3.63, 3.8) is 0 Å². The van der Waals surface area contributed by atoms with E-state index < -0.39 is 0 Å². The molecule has 138 valence electrons. The average Bonchev–Trinajstić information content (AvgIpc) is 3.23. The van der Waals surface area contributed by atoms with E-state index in [9.17, 15) is 4.79 Å². The van der Waals surface area contributed by atoms with E-state index in [-0.39, 0.29) is 11.9 Å². The van der Waals surface area contributed by atoms with E-state index in [2.05, 4.69) is 45.2 Å². The Hall–Kier alpha value is -2.60. The number of fused-ring (bicyclic) bond motifs is 1. The van der Waals surface area contributed by atoms with E-state index in [0.29, 0.717) is 12.2 Å². The van der Waals surface area contributed by atoms with Crippen LogP contribution in [0.2, 0.25) is 0 Å². The standard InChI is InChI=1S/C21H20BrN3O2/c1-3-12-25-20(14-4-8-15(22)9-5-14)17-18(23-24-19(17)21(25)26)13-6-10-16(27-2)11-7-13/h4-11,20H,3,12H2,1-2H3,(H,23,24). The summed E-state index contributed by atoms with van der Waals surface area (Å²) in [6.07, 6.45) is 0.897. The van der Waals surface area contributed by atoms with Gasteiger partial charge in [-0.05, 0) is 48.4 Å². The van der Waals surface area contributed by atoms with E-state index in [0.717, 1.165) is 39.0 Å². The number of ether oxygens (including phenoxy) is 1. The second kappa shape index (κ2) is 7.19. The molecule has 1 aliphatic heterocycles. The maximum atomic E-state index is 13.0. The molecule has 0 spiro atoms. The van der Waals surface area contributed by atoms with Crippen LogP contribution in [-0.2, 0) is 0 Å². The summed E-state index contributed by atoms with van der Waals surface area (Å²) < 4.78 is 6.27. The summed E-state index contributed by atoms with van der Waals surface area (Å²) in [6, 6.07) is 15.8. The number of hydrogen-bond acceptors (Lipinski definition) is 3. The van der Waals surface area contributed by atoms with Crippen molar-refractivity contribution in [2.75, 3.05) is 13.7 Å². The fourth-order valence-corrected chi connectivity index (χ4v) is 3.89. The zero-order valence-electron chi connectivity index (χ0n) is 15.2. The number of aromatic nitrogens is 2. The predicted molar refractivity (Wildman–Crippen MR) is 108 cm³/mol. The van der Waals surface area contributed by atoms with Crippen molar-refractivity contribution in [1.29, 1.82) is 0 Å². The first kappa shape index (κ1) is 17.8. The molecule has 0 saturated carbocycles. The van der Waals surface area contributed by atoms with Gasteiger partial charge in [0.1, 0.15) is 11.4 Å². The number of methoxy groups -OCH3 is 1. The molecule has 2 aromatic carbocycles. The van der Waals surface area contributed by atoms with Crippen LogP contribution in [-0.4, -0.2) is 34.7 Å². The van der Waals surface area contributed by atoms with Crippen LogP contribution in [0.1, 0.15) is 41.0 Å². The van der Waals surface area contributed by atoms with Gasteiger partial charge in [-0.1, -0.05) is 35.0 Å². The first-order valence-corrected chi connectivity index (χ1v) is 9.72. The van der Waals surface area contributed by atoms with Gasteiger partial charge in [-0.25, -0.2) is 0 Å². The molecular formula is C21H20BrN3O2. The molecule has 1 amide bonds. The third-order valence-corrected chi connectivity index (χ3v) is 5.41. The molecule has 1 aromatic heterocycles. The lowest BCUT2D eigenvalue weighted by molar-refractivity contribution is 0.0744. The highest BCUT2D eigenvalue weighted by Crippen LogP contribution is 2.43. The second-order valence-corrected chi connectivity index (χ2v) is 7.46. The number of nitrogens with zero attached hydrogens (tertiary/aromatic N) is 2. The van der Waals surface area contributed by atoms with Crippen molar-refractivity contribution in [3.8, 4) is 17.0 Å². The topological polar surface area (TPSA) is 58.2 Å². The fraction of sp³-hybridized carbons (Fsp3) is 0.238. The van der Waals surface area contributed by atoms with Gasteiger partial charge in [-0.2, -0.15) is 5.10 Å². The highest BCUT2D eigenvalue weighted by molar-refractivity contribution is 9.10. The summed E-state index contributed by atoms with van der Waals surface area (Å²) >= 11 is 3.49. The van der Waals surface area contributed by atoms with E-state index >= 15 is 0 Å². The number of halogens is 1. The largest absolute Gasteiger partial charge is 0.497 e. The van der Waals surface area contributed by atoms with Crippen LogP contribution in [0.25, 0.3) is 11.3 Å². The molecule has 1 unspecified atom stereocenters. The van der Waals surface area contributed by atoms with Gasteiger partial charge in [-0.15, -0.1) is 0 Å². The van der Waals surface area contributed by atoms with Crippen LogP contribution >= 0.6 is 15.9 Å². The van der Waals surface area contributed by atoms with E-state index in [1.54, 1.807) is 7.11 Å². The Morgan fingerprint density at radius 3 is 2.48 bits per heavy atom. The minimum atomic E-state index is -0.142. The number of benzene rings is 2. The maximum Gasteiger partial charge on any atom is 0.273 e.